The van der Waals surface area contributed by atoms with Gasteiger partial charge in [0.25, 0.3) is 0 Å². The number of aromatic nitrogens is 2. The van der Waals surface area contributed by atoms with E-state index in [1.54, 1.807) is 19.2 Å². The number of amides is 1. The van der Waals surface area contributed by atoms with Crippen LogP contribution in [-0.2, 0) is 20.7 Å². The summed E-state index contributed by atoms with van der Waals surface area (Å²) in [5.41, 5.74) is 0.734. The average Bonchev–Trinajstić information content (AvgIpc) is 2.78. The van der Waals surface area contributed by atoms with Gasteiger partial charge in [-0.1, -0.05) is 0 Å². The molecule has 1 rings (SSSR count). The maximum absolute atomic E-state index is 11.9. The minimum Gasteiger partial charge on any atom is -0.465 e. The van der Waals surface area contributed by atoms with E-state index in [-0.39, 0.29) is 24.8 Å². The third-order valence-electron chi connectivity index (χ3n) is 2.26. The van der Waals surface area contributed by atoms with Crippen LogP contribution >= 0.6 is 0 Å². The lowest BCUT2D eigenvalue weighted by atomic mass is 10.3. The van der Waals surface area contributed by atoms with Crippen molar-refractivity contribution in [2.75, 3.05) is 19.7 Å². The molecule has 0 saturated heterocycles. The van der Waals surface area contributed by atoms with Gasteiger partial charge in [0.2, 0.25) is 5.91 Å². The molecule has 0 bridgehead atoms. The summed E-state index contributed by atoms with van der Waals surface area (Å²) in [6, 6.07) is 1.73. The molecule has 94 valence electrons. The molecule has 1 aromatic rings. The van der Waals surface area contributed by atoms with Gasteiger partial charge >= 0.3 is 5.97 Å². The maximum atomic E-state index is 11.9. The summed E-state index contributed by atoms with van der Waals surface area (Å²) in [5, 5.41) is 6.48. The number of rotatable bonds is 6. The summed E-state index contributed by atoms with van der Waals surface area (Å²) in [5.74, 6) is -0.503. The zero-order chi connectivity index (χ0) is 12.7. The van der Waals surface area contributed by atoms with Crippen molar-refractivity contribution in [3.63, 3.8) is 0 Å². The molecule has 6 nitrogen and oxygen atoms in total. The first-order valence-electron chi connectivity index (χ1n) is 5.59. The molecule has 17 heavy (non-hydrogen) atoms. The van der Waals surface area contributed by atoms with E-state index in [1.807, 2.05) is 6.92 Å². The predicted molar refractivity (Wildman–Crippen MR) is 61.2 cm³/mol. The Kier molecular flexibility index (Phi) is 5.19. The first-order valence-corrected chi connectivity index (χ1v) is 5.59. The second-order valence-corrected chi connectivity index (χ2v) is 3.47. The van der Waals surface area contributed by atoms with Gasteiger partial charge < -0.3 is 9.64 Å². The van der Waals surface area contributed by atoms with Gasteiger partial charge in [-0.05, 0) is 19.9 Å². The molecule has 1 heterocycles. The smallest absolute Gasteiger partial charge is 0.325 e. The van der Waals surface area contributed by atoms with Crippen LogP contribution in [0.4, 0.5) is 0 Å². The highest BCUT2D eigenvalue weighted by Gasteiger charge is 2.16. The molecule has 0 aliphatic heterocycles. The highest BCUT2D eigenvalue weighted by molar-refractivity contribution is 5.83. The summed E-state index contributed by atoms with van der Waals surface area (Å²) >= 11 is 0. The van der Waals surface area contributed by atoms with Crippen molar-refractivity contribution in [2.24, 2.45) is 0 Å². The van der Waals surface area contributed by atoms with Gasteiger partial charge in [-0.25, -0.2) is 0 Å². The Morgan fingerprint density at radius 1 is 1.47 bits per heavy atom. The Morgan fingerprint density at radius 3 is 2.76 bits per heavy atom. The molecule has 1 aromatic heterocycles. The Bertz CT molecular complexity index is 362. The van der Waals surface area contributed by atoms with E-state index in [0.29, 0.717) is 13.2 Å². The lowest BCUT2D eigenvalue weighted by Crippen LogP contribution is -2.37. The minimum atomic E-state index is -0.382. The first-order chi connectivity index (χ1) is 8.17. The zero-order valence-corrected chi connectivity index (χ0v) is 10.1. The van der Waals surface area contributed by atoms with Crippen molar-refractivity contribution in [1.82, 2.24) is 15.1 Å². The van der Waals surface area contributed by atoms with Crippen LogP contribution in [0.1, 0.15) is 19.5 Å². The number of likely N-dealkylation sites (N-methyl/N-ethyl adjacent to an activating group) is 1. The van der Waals surface area contributed by atoms with E-state index in [4.69, 9.17) is 4.74 Å². The number of H-pyrrole nitrogens is 1. The highest BCUT2D eigenvalue weighted by Crippen LogP contribution is 1.99. The third kappa shape index (κ3) is 4.26. The van der Waals surface area contributed by atoms with Crippen LogP contribution in [0.3, 0.4) is 0 Å². The molecule has 0 saturated carbocycles. The van der Waals surface area contributed by atoms with Gasteiger partial charge in [0.1, 0.15) is 6.54 Å². The molecule has 0 aliphatic rings. The fourth-order valence-corrected chi connectivity index (χ4v) is 1.40. The molecule has 6 heteroatoms. The fourth-order valence-electron chi connectivity index (χ4n) is 1.40. The standard InChI is InChI=1S/C11H17N3O3/c1-3-14(8-11(16)17-4-2)10(15)7-9-5-6-12-13-9/h5-6H,3-4,7-8H2,1-2H3,(H,12,13). The van der Waals surface area contributed by atoms with Gasteiger partial charge in [0.05, 0.1) is 13.0 Å². The number of esters is 1. The molecule has 0 fully saturated rings. The summed E-state index contributed by atoms with van der Waals surface area (Å²) in [4.78, 5) is 24.6. The largest absolute Gasteiger partial charge is 0.465 e. The lowest BCUT2D eigenvalue weighted by molar-refractivity contribution is -0.148. The van der Waals surface area contributed by atoms with Gasteiger partial charge in [-0.2, -0.15) is 5.10 Å². The average molecular weight is 239 g/mol. The van der Waals surface area contributed by atoms with Crippen LogP contribution in [-0.4, -0.2) is 46.7 Å². The van der Waals surface area contributed by atoms with E-state index in [1.165, 1.54) is 4.90 Å². The summed E-state index contributed by atoms with van der Waals surface area (Å²) in [6.07, 6.45) is 1.80. The monoisotopic (exact) mass is 239 g/mol. The fraction of sp³-hybridized carbons (Fsp3) is 0.545. The zero-order valence-electron chi connectivity index (χ0n) is 10.1. The normalized spacial score (nSPS) is 10.0. The Morgan fingerprint density at radius 2 is 2.24 bits per heavy atom. The van der Waals surface area contributed by atoms with Gasteiger partial charge in [0.15, 0.2) is 0 Å². The summed E-state index contributed by atoms with van der Waals surface area (Å²) in [6.45, 7) is 4.36. The van der Waals surface area contributed by atoms with Crippen molar-refractivity contribution in [2.45, 2.75) is 20.3 Å². The van der Waals surface area contributed by atoms with Crippen LogP contribution in [0.15, 0.2) is 12.3 Å². The Balaban J connectivity index is 2.49. The van der Waals surface area contributed by atoms with Crippen molar-refractivity contribution < 1.29 is 14.3 Å². The van der Waals surface area contributed by atoms with Gasteiger partial charge in [-0.15, -0.1) is 0 Å². The molecule has 0 spiro atoms. The quantitative estimate of drug-likeness (QED) is 0.727. The SMILES string of the molecule is CCOC(=O)CN(CC)C(=O)Cc1ccn[nH]1. The molecular weight excluding hydrogens is 222 g/mol. The number of hydrogen-bond acceptors (Lipinski definition) is 4. The second kappa shape index (κ2) is 6.67. The number of ether oxygens (including phenoxy) is 1. The molecule has 0 aromatic carbocycles. The van der Waals surface area contributed by atoms with Crippen LogP contribution in [0.25, 0.3) is 0 Å². The lowest BCUT2D eigenvalue weighted by Gasteiger charge is -2.19. The topological polar surface area (TPSA) is 75.3 Å². The van der Waals surface area contributed by atoms with E-state index >= 15 is 0 Å². The van der Waals surface area contributed by atoms with Crippen molar-refractivity contribution in [3.05, 3.63) is 18.0 Å². The molecule has 0 radical (unpaired) electrons. The maximum Gasteiger partial charge on any atom is 0.325 e. The molecular formula is C11H17N3O3. The predicted octanol–water partition coefficient (Wildman–Crippen LogP) is 0.364. The van der Waals surface area contributed by atoms with Crippen LogP contribution < -0.4 is 0 Å². The van der Waals surface area contributed by atoms with Crippen molar-refractivity contribution in [3.8, 4) is 0 Å². The van der Waals surface area contributed by atoms with Gasteiger partial charge in [0, 0.05) is 18.4 Å². The summed E-state index contributed by atoms with van der Waals surface area (Å²) in [7, 11) is 0. The number of nitrogens with zero attached hydrogens (tertiary/aromatic N) is 2. The molecule has 1 N–H and O–H groups in total. The van der Waals surface area contributed by atoms with Crippen molar-refractivity contribution >= 4 is 11.9 Å². The number of carbonyl (C=O) groups excluding carboxylic acids is 2. The highest BCUT2D eigenvalue weighted by atomic mass is 16.5. The van der Waals surface area contributed by atoms with E-state index in [9.17, 15) is 9.59 Å². The molecule has 0 unspecified atom stereocenters. The van der Waals surface area contributed by atoms with Gasteiger partial charge in [-0.3, -0.25) is 14.7 Å². The van der Waals surface area contributed by atoms with Crippen LogP contribution in [0.2, 0.25) is 0 Å². The van der Waals surface area contributed by atoms with Crippen LogP contribution in [0, 0.1) is 0 Å². The number of nitrogens with one attached hydrogen (secondary N) is 1. The number of carbonyl (C=O) groups is 2. The van der Waals surface area contributed by atoms with E-state index < -0.39 is 0 Å². The second-order valence-electron chi connectivity index (χ2n) is 3.47. The molecule has 1 amide bonds. The molecule has 0 atom stereocenters. The third-order valence-corrected chi connectivity index (χ3v) is 2.26. The van der Waals surface area contributed by atoms with E-state index in [0.717, 1.165) is 5.69 Å². The molecule has 0 aliphatic carbocycles. The Hall–Kier alpha value is -1.85. The Labute approximate surface area is 99.9 Å². The summed E-state index contributed by atoms with van der Waals surface area (Å²) < 4.78 is 4.81. The number of hydrogen-bond donors (Lipinski definition) is 1. The van der Waals surface area contributed by atoms with Crippen molar-refractivity contribution in [1.29, 1.82) is 0 Å². The van der Waals surface area contributed by atoms with Crippen LogP contribution in [0.5, 0.6) is 0 Å². The van der Waals surface area contributed by atoms with E-state index in [2.05, 4.69) is 10.2 Å². The first kappa shape index (κ1) is 13.2. The number of aromatic amines is 1. The minimum absolute atomic E-state index is 0.00267.